The topological polar surface area (TPSA) is 80.9 Å². The van der Waals surface area contributed by atoms with Crippen LogP contribution in [0.2, 0.25) is 0 Å². The van der Waals surface area contributed by atoms with Gasteiger partial charge in [-0.2, -0.15) is 18.3 Å². The molecule has 182 valence electrons. The van der Waals surface area contributed by atoms with Crippen LogP contribution in [0.1, 0.15) is 23.8 Å². The van der Waals surface area contributed by atoms with E-state index in [4.69, 9.17) is 14.6 Å². The van der Waals surface area contributed by atoms with Gasteiger partial charge in [0.2, 0.25) is 0 Å². The van der Waals surface area contributed by atoms with Crippen LogP contribution in [0.5, 0.6) is 0 Å². The maximum atomic E-state index is 12.8. The predicted molar refractivity (Wildman–Crippen MR) is 124 cm³/mol. The fraction of sp³-hybridized carbons (Fsp3) is 0.280. The van der Waals surface area contributed by atoms with Crippen molar-refractivity contribution in [3.63, 3.8) is 0 Å². The van der Waals surface area contributed by atoms with E-state index in [1.807, 2.05) is 36.4 Å². The largest absolute Gasteiger partial charge is 0.392 e. The minimum atomic E-state index is -4.28. The molecular weight excluding hydrogens is 461 g/mol. The molecule has 10 heteroatoms. The summed E-state index contributed by atoms with van der Waals surface area (Å²) in [5, 5.41) is 17.4. The molecule has 0 bridgehead atoms. The SMILES string of the molecule is OCc1ccccc1-c1cc(NCCC(F)(F)F)c2ncc(-c3ccc(C4OCCO4)cc3)n2n1. The number of hydrogen-bond donors (Lipinski definition) is 2. The van der Waals surface area contributed by atoms with Gasteiger partial charge in [-0.05, 0) is 11.6 Å². The Bertz CT molecular complexity index is 1320. The summed E-state index contributed by atoms with van der Waals surface area (Å²) < 4.78 is 51.0. The molecule has 7 nitrogen and oxygen atoms in total. The highest BCUT2D eigenvalue weighted by molar-refractivity contribution is 5.78. The van der Waals surface area contributed by atoms with Crippen LogP contribution >= 0.6 is 0 Å². The Labute approximate surface area is 199 Å². The standard InChI is InChI=1S/C25H23F3N4O3/c26-25(27,28)9-10-29-21-13-20(19-4-2-1-3-18(19)15-33)31-32-22(14-30-23(21)32)16-5-7-17(8-6-16)24-34-11-12-35-24/h1-8,13-14,24,29,33H,9-12,15H2. The zero-order valence-corrected chi connectivity index (χ0v) is 18.6. The van der Waals surface area contributed by atoms with Crippen molar-refractivity contribution >= 4 is 11.3 Å². The lowest BCUT2D eigenvalue weighted by Crippen LogP contribution is -2.15. The Morgan fingerprint density at radius 1 is 1.06 bits per heavy atom. The van der Waals surface area contributed by atoms with Crippen LogP contribution in [-0.2, 0) is 16.1 Å². The van der Waals surface area contributed by atoms with E-state index in [0.717, 1.165) is 11.1 Å². The summed E-state index contributed by atoms with van der Waals surface area (Å²) >= 11 is 0. The van der Waals surface area contributed by atoms with Crippen molar-refractivity contribution < 1.29 is 27.8 Å². The average molecular weight is 484 g/mol. The summed E-state index contributed by atoms with van der Waals surface area (Å²) in [6.07, 6.45) is -4.02. The van der Waals surface area contributed by atoms with Crippen molar-refractivity contribution in [2.24, 2.45) is 0 Å². The third-order valence-corrected chi connectivity index (χ3v) is 5.76. The smallest absolute Gasteiger partial charge is 0.390 e. The molecule has 1 aliphatic heterocycles. The van der Waals surface area contributed by atoms with E-state index >= 15 is 0 Å². The lowest BCUT2D eigenvalue weighted by molar-refractivity contribution is -0.131. The first kappa shape index (κ1) is 23.3. The van der Waals surface area contributed by atoms with Crippen molar-refractivity contribution in [3.05, 3.63) is 71.9 Å². The Balaban J connectivity index is 1.57. The van der Waals surface area contributed by atoms with Crippen LogP contribution in [-0.4, -0.2) is 45.6 Å². The number of hydrogen-bond acceptors (Lipinski definition) is 6. The molecule has 1 aliphatic rings. The number of aliphatic hydroxyl groups excluding tert-OH is 1. The third-order valence-electron chi connectivity index (χ3n) is 5.76. The zero-order chi connectivity index (χ0) is 24.4. The normalized spacial score (nSPS) is 14.6. The zero-order valence-electron chi connectivity index (χ0n) is 18.6. The number of imidazole rings is 1. The summed E-state index contributed by atoms with van der Waals surface area (Å²) in [6, 6.07) is 16.5. The molecule has 4 aromatic rings. The third kappa shape index (κ3) is 5.00. The summed E-state index contributed by atoms with van der Waals surface area (Å²) in [7, 11) is 0. The molecular formula is C25H23F3N4O3. The van der Waals surface area contributed by atoms with Crippen molar-refractivity contribution in [2.45, 2.75) is 25.5 Å². The molecule has 0 atom stereocenters. The van der Waals surface area contributed by atoms with Gasteiger partial charge >= 0.3 is 6.18 Å². The average Bonchev–Trinajstić information content (AvgIpc) is 3.54. The molecule has 0 unspecified atom stereocenters. The molecule has 2 N–H and O–H groups in total. The van der Waals surface area contributed by atoms with Crippen molar-refractivity contribution in [1.29, 1.82) is 0 Å². The van der Waals surface area contributed by atoms with Gasteiger partial charge in [0.05, 0.1) is 49.5 Å². The van der Waals surface area contributed by atoms with Gasteiger partial charge in [0.25, 0.3) is 0 Å². The minimum absolute atomic E-state index is 0.198. The maximum absolute atomic E-state index is 12.8. The van der Waals surface area contributed by atoms with Crippen molar-refractivity contribution in [2.75, 3.05) is 25.1 Å². The van der Waals surface area contributed by atoms with Gasteiger partial charge in [0.15, 0.2) is 11.9 Å². The number of alkyl halides is 3. The second-order valence-corrected chi connectivity index (χ2v) is 8.12. The van der Waals surface area contributed by atoms with Gasteiger partial charge in [-0.15, -0.1) is 0 Å². The van der Waals surface area contributed by atoms with Gasteiger partial charge in [-0.25, -0.2) is 9.50 Å². The molecule has 2 aromatic heterocycles. The Hall–Kier alpha value is -3.47. The molecule has 0 spiro atoms. The Morgan fingerprint density at radius 3 is 2.51 bits per heavy atom. The van der Waals surface area contributed by atoms with Crippen LogP contribution in [0.3, 0.4) is 0 Å². The van der Waals surface area contributed by atoms with Crippen LogP contribution in [0.25, 0.3) is 28.2 Å². The van der Waals surface area contributed by atoms with E-state index in [9.17, 15) is 18.3 Å². The van der Waals surface area contributed by atoms with Crippen molar-refractivity contribution in [1.82, 2.24) is 14.6 Å². The van der Waals surface area contributed by atoms with Gasteiger partial charge in [0.1, 0.15) is 0 Å². The second kappa shape index (κ2) is 9.65. The number of ether oxygens (including phenoxy) is 2. The van der Waals surface area contributed by atoms with Gasteiger partial charge in [-0.3, -0.25) is 0 Å². The second-order valence-electron chi connectivity index (χ2n) is 8.12. The van der Waals surface area contributed by atoms with E-state index in [0.29, 0.717) is 47.1 Å². The highest BCUT2D eigenvalue weighted by Gasteiger charge is 2.26. The fourth-order valence-corrected chi connectivity index (χ4v) is 4.04. The monoisotopic (exact) mass is 484 g/mol. The molecule has 0 amide bonds. The number of benzene rings is 2. The molecule has 0 saturated carbocycles. The summed E-state index contributed by atoms with van der Waals surface area (Å²) in [5.74, 6) is 0. The summed E-state index contributed by atoms with van der Waals surface area (Å²) in [5.41, 5.74) is 5.04. The number of anilines is 1. The van der Waals surface area contributed by atoms with E-state index in [1.165, 1.54) is 0 Å². The maximum Gasteiger partial charge on any atom is 0.390 e. The highest BCUT2D eigenvalue weighted by atomic mass is 19.4. The summed E-state index contributed by atoms with van der Waals surface area (Å²) in [6.45, 7) is 0.594. The first-order valence-electron chi connectivity index (χ1n) is 11.1. The number of nitrogens with zero attached hydrogens (tertiary/aromatic N) is 3. The van der Waals surface area contributed by atoms with Gasteiger partial charge < -0.3 is 19.9 Å². The molecule has 1 fully saturated rings. The molecule has 5 rings (SSSR count). The number of nitrogens with one attached hydrogen (secondary N) is 1. The first-order valence-corrected chi connectivity index (χ1v) is 11.1. The van der Waals surface area contributed by atoms with Gasteiger partial charge in [-0.1, -0.05) is 48.5 Å². The number of rotatable bonds is 7. The molecule has 2 aromatic carbocycles. The number of aliphatic hydroxyl groups is 1. The quantitative estimate of drug-likeness (QED) is 0.386. The summed E-state index contributed by atoms with van der Waals surface area (Å²) in [4.78, 5) is 4.45. The predicted octanol–water partition coefficient (Wildman–Crippen LogP) is 4.97. The fourth-order valence-electron chi connectivity index (χ4n) is 4.04. The molecule has 1 saturated heterocycles. The van der Waals surface area contributed by atoms with E-state index in [2.05, 4.69) is 10.3 Å². The van der Waals surface area contributed by atoms with Crippen LogP contribution < -0.4 is 5.32 Å². The highest BCUT2D eigenvalue weighted by Crippen LogP contribution is 2.31. The number of aromatic nitrogens is 3. The van der Waals surface area contributed by atoms with E-state index in [1.54, 1.807) is 28.9 Å². The van der Waals surface area contributed by atoms with Crippen LogP contribution in [0.4, 0.5) is 18.9 Å². The molecule has 0 aliphatic carbocycles. The Morgan fingerprint density at radius 2 is 1.80 bits per heavy atom. The van der Waals surface area contributed by atoms with Crippen molar-refractivity contribution in [3.8, 4) is 22.5 Å². The first-order chi connectivity index (χ1) is 16.9. The molecule has 0 radical (unpaired) electrons. The minimum Gasteiger partial charge on any atom is -0.392 e. The van der Waals surface area contributed by atoms with E-state index < -0.39 is 18.9 Å². The lowest BCUT2D eigenvalue weighted by atomic mass is 10.0. The lowest BCUT2D eigenvalue weighted by Gasteiger charge is -2.14. The molecule has 35 heavy (non-hydrogen) atoms. The van der Waals surface area contributed by atoms with Crippen LogP contribution in [0.15, 0.2) is 60.8 Å². The van der Waals surface area contributed by atoms with Crippen LogP contribution in [0, 0.1) is 0 Å². The van der Waals surface area contributed by atoms with E-state index in [-0.39, 0.29) is 13.2 Å². The Kier molecular flexibility index (Phi) is 6.42. The number of halogens is 3. The molecule has 3 heterocycles. The number of fused-ring (bicyclic) bond motifs is 1. The van der Waals surface area contributed by atoms with Gasteiger partial charge in [0, 0.05) is 23.2 Å².